The van der Waals surface area contributed by atoms with E-state index in [1.54, 1.807) is 249 Å². The van der Waals surface area contributed by atoms with E-state index in [1.807, 2.05) is 0 Å². The smallest absolute Gasteiger partial charge is 0.870 e. The van der Waals surface area contributed by atoms with Crippen molar-refractivity contribution in [3.8, 4) is 0 Å². The van der Waals surface area contributed by atoms with Crippen molar-refractivity contribution in [3.05, 3.63) is 0 Å². The van der Waals surface area contributed by atoms with Crippen LogP contribution in [0.1, 0.15) is 262 Å². The van der Waals surface area contributed by atoms with Crippen molar-refractivity contribution in [2.75, 3.05) is 105 Å². The maximum Gasteiger partial charge on any atom is 5.00 e. The van der Waals surface area contributed by atoms with E-state index >= 15 is 0 Å². The van der Waals surface area contributed by atoms with Crippen LogP contribution < -0.4 is 123 Å². The first-order valence-electron chi connectivity index (χ1n) is 38.1. The molecule has 0 fully saturated rings. The molecule has 0 aliphatic heterocycles. The molecule has 50 heteroatoms. The molecule has 0 atom stereocenters. The Morgan fingerprint density at radius 2 is 0.250 bits per heavy atom. The molecule has 0 unspecified atom stereocenters. The molecule has 10 N–H and O–H groups in total. The van der Waals surface area contributed by atoms with E-state index < -0.39 is 238 Å². The summed E-state index contributed by atoms with van der Waals surface area (Å²) in [6.45, 7) is 50.8. The Balaban J connectivity index is -0.0000000439. The van der Waals surface area contributed by atoms with E-state index in [4.69, 9.17) is 20.4 Å². The van der Waals surface area contributed by atoms with Gasteiger partial charge in [-0.1, -0.05) is 249 Å². The van der Waals surface area contributed by atoms with E-state index in [-0.39, 0.29) is 217 Å². The summed E-state index contributed by atoms with van der Waals surface area (Å²) in [4.78, 5) is 119. The van der Waals surface area contributed by atoms with E-state index in [0.717, 1.165) is 0 Å². The third kappa shape index (κ3) is 131. The molecule has 0 aliphatic carbocycles. The number of carbonyl (C=O) groups is 12. The van der Waals surface area contributed by atoms with Gasteiger partial charge in [-0.2, -0.15) is 0 Å². The molecule has 0 aromatic heterocycles. The van der Waals surface area contributed by atoms with Gasteiger partial charge in [0.05, 0.1) is 26.4 Å². The summed E-state index contributed by atoms with van der Waals surface area (Å²) in [6.07, 6.45) is 0.896. The largest absolute Gasteiger partial charge is 5.00 e. The number of aliphatic hydroxyl groups excluding tert-OH is 4. The van der Waals surface area contributed by atoms with E-state index in [0.29, 0.717) is 12.8 Å². The van der Waals surface area contributed by atoms with Gasteiger partial charge in [0.2, 0.25) is 0 Å². The minimum Gasteiger partial charge on any atom is -0.870 e. The second kappa shape index (κ2) is 92.0. The summed E-state index contributed by atoms with van der Waals surface area (Å²) in [7, 11) is 0. The monoisotopic (exact) mass is 2460 g/mol. The zero-order valence-corrected chi connectivity index (χ0v) is 94.2. The molecule has 132 heavy (non-hydrogen) atoms. The molecule has 0 rings (SSSR count). The zero-order chi connectivity index (χ0) is 102. The molecular weight excluding hydrogens is 2300 g/mol. The fourth-order valence-corrected chi connectivity index (χ4v) is 2.75. The molecule has 0 heterocycles. The number of rotatable bonds is 24. The third-order valence-electron chi connectivity index (χ3n) is 13.5. The molecular formula is C82H154Fe6N4O38Tb2+4. The van der Waals surface area contributed by atoms with E-state index in [2.05, 4.69) is 21.3 Å². The molecule has 0 spiro atoms. The third-order valence-corrected chi connectivity index (χ3v) is 13.5. The second-order valence-corrected chi connectivity index (χ2v) is 39.8. The zero-order valence-electron chi connectivity index (χ0n) is 83.3. The van der Waals surface area contributed by atoms with Gasteiger partial charge in [0, 0.05) is 159 Å². The number of hydrogen-bond donors (Lipinski definition) is 8. The normalized spacial score (nSPS) is 10.9. The average molecular weight is 2460 g/mol. The number of aliphatic hydroxyl groups is 4. The molecule has 42 nitrogen and oxygen atoms in total. The maximum atomic E-state index is 10.8. The number of carboxylic acids is 12. The van der Waals surface area contributed by atoms with Crippen LogP contribution in [0.3, 0.4) is 0 Å². The standard InChI is InChI=1S/2C11H22N2O6.12C5H10O2.6Fe.2H2O.2Tb/c2*14-4-10(5-15,6-16)12-2-1-3-13-11(7-17,8-18)9-19;12*1-5(2,3)4(6)7;;;;;;;;;;/h2*12-14,17H,1-9H2;12*1-3H3,(H,6,7);;;;;;;2*1H2;;/q2*-4;;;;;;;;;;;;;2*+2;2*+3;2*+5;;;2*+3/p-14. The molecule has 0 saturated carbocycles. The van der Waals surface area contributed by atoms with Crippen molar-refractivity contribution >= 4 is 71.6 Å². The molecule has 4 radical (unpaired) electrons. The summed E-state index contributed by atoms with van der Waals surface area (Å²) >= 11 is 0. The molecule has 0 saturated heterocycles. The number of carboxylic acid groups (broad SMARTS) is 12. The van der Waals surface area contributed by atoms with Gasteiger partial charge in [-0.15, -0.1) is 52.9 Å². The number of nitrogens with one attached hydrogen (secondary N) is 4. The van der Waals surface area contributed by atoms with Gasteiger partial charge >= 0.3 is 180 Å². The first-order valence-corrected chi connectivity index (χ1v) is 38.1. The van der Waals surface area contributed by atoms with Crippen molar-refractivity contribution in [3.63, 3.8) is 0 Å². The Hall–Kier alpha value is -1.39. The van der Waals surface area contributed by atoms with Crippen LogP contribution >= 0.6 is 0 Å². The van der Waals surface area contributed by atoms with Crippen LogP contribution in [-0.2, 0) is 160 Å². The Morgan fingerprint density at radius 1 is 0.197 bits per heavy atom. The Bertz CT molecular complexity index is 2230. The van der Waals surface area contributed by atoms with Crippen molar-refractivity contribution < 1.29 is 371 Å². The van der Waals surface area contributed by atoms with E-state index in [1.165, 1.54) is 0 Å². The van der Waals surface area contributed by atoms with Crippen molar-refractivity contribution in [2.45, 2.75) is 284 Å². The van der Waals surface area contributed by atoms with Gasteiger partial charge in [0.15, 0.2) is 0 Å². The van der Waals surface area contributed by atoms with Crippen LogP contribution in [0.15, 0.2) is 0 Å². The summed E-state index contributed by atoms with van der Waals surface area (Å²) in [6, 6.07) is 0. The summed E-state index contributed by atoms with van der Waals surface area (Å²) in [5, 5.41) is 252. The van der Waals surface area contributed by atoms with Gasteiger partial charge < -0.3 is 212 Å². The van der Waals surface area contributed by atoms with Gasteiger partial charge in [-0.05, 0) is 39.0 Å². The molecule has 792 valence electrons. The minimum absolute atomic E-state index is 0. The predicted molar refractivity (Wildman–Crippen MR) is 417 cm³/mol. The average Bonchev–Trinajstić information content (AvgIpc) is 0.891. The number of hydrogen-bond acceptors (Lipinski definition) is 42. The minimum atomic E-state index is -1.36. The Kier molecular flexibility index (Phi) is 135. The first kappa shape index (κ1) is 193. The van der Waals surface area contributed by atoms with Crippen LogP contribution in [-0.4, -0.2) is 231 Å². The SMILES string of the molecule is CC(C)(C)C(=O)[O-].CC(C)(C)C(=O)[O-].CC(C)(C)C(=O)[O-].CC(C)(C)C(=O)[O-].CC(C)(C)C(=O)[O-].CC(C)(C)C(=O)[O-].CC(C)(C)C(=O)[O-].CC(C)(C)C(=O)[O-].CC(C)(C)C(=O)[O-].CC(C)(C)C(=O)[O-].CC(C)(C)C(=O)[O-].CC(C)(C)C(=O)[O-].[Fe+2].[Fe+2].[Fe+3].[Fe+3].[Fe+5].[Fe+5].[O-]CC(C[O-])(CO)NCCCNC(C[O-])(C[O-])CO.[O-]CC(C[O-])(CO)NCCCNC(C[O-])(C[O-])CO.[OH-].[OH-].[Tb+3].[Tb+3]. The van der Waals surface area contributed by atoms with Crippen LogP contribution in [0.2, 0.25) is 0 Å². The Morgan fingerprint density at radius 3 is 0.280 bits per heavy atom. The van der Waals surface area contributed by atoms with Crippen molar-refractivity contribution in [1.82, 2.24) is 21.3 Å². The Labute approximate surface area is 909 Å². The number of aliphatic carboxylic acids is 12. The predicted octanol–water partition coefficient (Wildman–Crippen LogP) is -16.1. The van der Waals surface area contributed by atoms with Gasteiger partial charge in [0.1, 0.15) is 0 Å². The maximum absolute atomic E-state index is 10.8. The fourth-order valence-electron chi connectivity index (χ4n) is 2.75. The quantitative estimate of drug-likeness (QED) is 0.0329. The van der Waals surface area contributed by atoms with Crippen LogP contribution in [0.25, 0.3) is 0 Å². The summed E-state index contributed by atoms with van der Waals surface area (Å²) < 4.78 is 0. The summed E-state index contributed by atoms with van der Waals surface area (Å²) in [5.74, 6) is -12.1. The van der Waals surface area contributed by atoms with Gasteiger partial charge in [0.25, 0.3) is 0 Å². The molecule has 0 amide bonds. The van der Waals surface area contributed by atoms with Crippen LogP contribution in [0, 0.1) is 142 Å². The molecule has 0 aromatic rings. The second-order valence-electron chi connectivity index (χ2n) is 39.8. The molecule has 0 aromatic carbocycles. The topological polar surface area (TPSA) is 855 Å². The van der Waals surface area contributed by atoms with Crippen LogP contribution in [0.5, 0.6) is 0 Å². The first-order chi connectivity index (χ1) is 53.5. The van der Waals surface area contributed by atoms with Crippen molar-refractivity contribution in [2.24, 2.45) is 65.0 Å². The van der Waals surface area contributed by atoms with Gasteiger partial charge in [-0.25, -0.2) is 0 Å². The van der Waals surface area contributed by atoms with Gasteiger partial charge in [-0.3, -0.25) is 0 Å². The molecule has 0 bridgehead atoms. The van der Waals surface area contributed by atoms with E-state index in [9.17, 15) is 160 Å². The summed E-state index contributed by atoms with van der Waals surface area (Å²) in [5.41, 5.74) is -13.8. The number of carbonyl (C=O) groups excluding carboxylic acids is 12. The van der Waals surface area contributed by atoms with Crippen LogP contribution in [0.4, 0.5) is 0 Å². The fraction of sp³-hybridized carbons (Fsp3) is 0.854. The van der Waals surface area contributed by atoms with Crippen molar-refractivity contribution in [1.29, 1.82) is 0 Å². The molecule has 0 aliphatic rings.